The van der Waals surface area contributed by atoms with Crippen LogP contribution in [0.1, 0.15) is 17.8 Å². The van der Waals surface area contributed by atoms with Gasteiger partial charge in [0, 0.05) is 50.6 Å². The number of aromatic nitrogens is 4. The molecule has 10 heteroatoms. The second-order valence-electron chi connectivity index (χ2n) is 7.39. The van der Waals surface area contributed by atoms with Gasteiger partial charge in [0.2, 0.25) is 5.91 Å². The molecule has 1 aromatic carbocycles. The fourth-order valence-electron chi connectivity index (χ4n) is 3.37. The number of carbonyl (C=O) groups excluding carboxylic acids is 1. The number of hydrogen-bond acceptors (Lipinski definition) is 7. The number of carbonyl (C=O) groups is 1. The van der Waals surface area contributed by atoms with Crippen LogP contribution in [0.5, 0.6) is 0 Å². The number of benzene rings is 1. The maximum absolute atomic E-state index is 12.2. The van der Waals surface area contributed by atoms with Gasteiger partial charge < -0.3 is 15.4 Å². The van der Waals surface area contributed by atoms with E-state index in [-0.39, 0.29) is 5.91 Å². The third-order valence-corrected chi connectivity index (χ3v) is 5.40. The van der Waals surface area contributed by atoms with Crippen LogP contribution in [0.4, 0.5) is 5.82 Å². The predicted octanol–water partition coefficient (Wildman–Crippen LogP) is 1.77. The van der Waals surface area contributed by atoms with Crippen molar-refractivity contribution in [3.63, 3.8) is 0 Å². The summed E-state index contributed by atoms with van der Waals surface area (Å²) in [6.45, 7) is 5.46. The minimum Gasteiger partial charge on any atom is -0.379 e. The van der Waals surface area contributed by atoms with Crippen LogP contribution in [-0.2, 0) is 22.5 Å². The minimum atomic E-state index is 0.00188. The Labute approximate surface area is 185 Å². The highest BCUT2D eigenvalue weighted by Gasteiger charge is 2.12. The van der Waals surface area contributed by atoms with Crippen LogP contribution in [0.2, 0.25) is 5.02 Å². The molecule has 3 aromatic rings. The van der Waals surface area contributed by atoms with Crippen LogP contribution in [-0.4, -0.2) is 70.0 Å². The van der Waals surface area contributed by atoms with Gasteiger partial charge in [0.05, 0.1) is 13.2 Å². The van der Waals surface area contributed by atoms with Gasteiger partial charge in [-0.05, 0) is 29.8 Å². The smallest absolute Gasteiger partial charge is 0.220 e. The van der Waals surface area contributed by atoms with E-state index in [0.29, 0.717) is 48.2 Å². The van der Waals surface area contributed by atoms with Crippen LogP contribution in [0, 0.1) is 0 Å². The van der Waals surface area contributed by atoms with Gasteiger partial charge in [-0.3, -0.25) is 9.69 Å². The molecule has 1 amide bonds. The summed E-state index contributed by atoms with van der Waals surface area (Å²) in [7, 11) is 0. The Kier molecular flexibility index (Phi) is 7.29. The number of amides is 1. The molecule has 0 saturated carbocycles. The van der Waals surface area contributed by atoms with E-state index < -0.39 is 0 Å². The number of anilines is 1. The van der Waals surface area contributed by atoms with Gasteiger partial charge in [0.1, 0.15) is 5.82 Å². The van der Waals surface area contributed by atoms with Gasteiger partial charge in [-0.15, -0.1) is 15.3 Å². The van der Waals surface area contributed by atoms with Gasteiger partial charge >= 0.3 is 0 Å². The number of morpholine rings is 1. The molecule has 0 radical (unpaired) electrons. The molecule has 3 heterocycles. The van der Waals surface area contributed by atoms with Crippen molar-refractivity contribution in [2.45, 2.75) is 19.4 Å². The van der Waals surface area contributed by atoms with Gasteiger partial charge in [-0.1, -0.05) is 23.7 Å². The van der Waals surface area contributed by atoms with Crippen molar-refractivity contribution in [3.05, 3.63) is 52.8 Å². The number of fused-ring (bicyclic) bond motifs is 1. The molecule has 1 aliphatic heterocycles. The maximum Gasteiger partial charge on any atom is 0.220 e. The molecule has 9 nitrogen and oxygen atoms in total. The van der Waals surface area contributed by atoms with E-state index >= 15 is 0 Å². The molecule has 1 fully saturated rings. The van der Waals surface area contributed by atoms with E-state index in [4.69, 9.17) is 16.3 Å². The van der Waals surface area contributed by atoms with E-state index in [2.05, 4.69) is 30.8 Å². The second-order valence-corrected chi connectivity index (χ2v) is 7.83. The van der Waals surface area contributed by atoms with Gasteiger partial charge in [-0.25, -0.2) is 0 Å². The Morgan fingerprint density at radius 3 is 2.71 bits per heavy atom. The van der Waals surface area contributed by atoms with Crippen LogP contribution in [0.25, 0.3) is 5.65 Å². The van der Waals surface area contributed by atoms with Crippen molar-refractivity contribution < 1.29 is 9.53 Å². The average molecular weight is 444 g/mol. The predicted molar refractivity (Wildman–Crippen MR) is 118 cm³/mol. The zero-order valence-corrected chi connectivity index (χ0v) is 18.0. The number of halogens is 1. The molecule has 0 unspecified atom stereocenters. The van der Waals surface area contributed by atoms with Gasteiger partial charge in [-0.2, -0.15) is 4.52 Å². The van der Waals surface area contributed by atoms with Crippen molar-refractivity contribution >= 4 is 29.0 Å². The number of hydrogen-bond donors (Lipinski definition) is 2. The van der Waals surface area contributed by atoms with Crippen molar-refractivity contribution in [3.8, 4) is 0 Å². The van der Waals surface area contributed by atoms with Crippen LogP contribution < -0.4 is 10.6 Å². The average Bonchev–Trinajstić information content (AvgIpc) is 3.20. The van der Waals surface area contributed by atoms with Crippen molar-refractivity contribution in [2.24, 2.45) is 0 Å². The molecular formula is C21H26ClN7O2. The SMILES string of the molecule is O=C(CCc1nnc2ccc(NCc3ccc(Cl)cc3)nn12)NCCN1CCOCC1. The molecule has 1 aliphatic rings. The Morgan fingerprint density at radius 1 is 1.10 bits per heavy atom. The lowest BCUT2D eigenvalue weighted by Gasteiger charge is -2.26. The lowest BCUT2D eigenvalue weighted by Crippen LogP contribution is -2.41. The van der Waals surface area contributed by atoms with E-state index in [1.54, 1.807) is 4.52 Å². The molecule has 4 rings (SSSR count). The zero-order chi connectivity index (χ0) is 21.5. The lowest BCUT2D eigenvalue weighted by molar-refractivity contribution is -0.121. The zero-order valence-electron chi connectivity index (χ0n) is 17.3. The summed E-state index contributed by atoms with van der Waals surface area (Å²) in [5.41, 5.74) is 1.75. The lowest BCUT2D eigenvalue weighted by atomic mass is 10.2. The third kappa shape index (κ3) is 6.13. The summed E-state index contributed by atoms with van der Waals surface area (Å²) in [6.07, 6.45) is 0.812. The van der Waals surface area contributed by atoms with Crippen LogP contribution in [0.15, 0.2) is 36.4 Å². The van der Waals surface area contributed by atoms with E-state index in [0.717, 1.165) is 38.4 Å². The standard InChI is InChI=1S/C21H26ClN7O2/c22-17-3-1-16(2-4-17)15-24-18-5-6-19-25-26-20(29(19)27-18)7-8-21(30)23-9-10-28-11-13-31-14-12-28/h1-6H,7-15H2,(H,23,30)(H,24,27). The highest BCUT2D eigenvalue weighted by molar-refractivity contribution is 6.30. The summed E-state index contributed by atoms with van der Waals surface area (Å²) < 4.78 is 7.02. The number of nitrogens with zero attached hydrogens (tertiary/aromatic N) is 5. The molecule has 2 aromatic heterocycles. The first-order valence-corrected chi connectivity index (χ1v) is 10.8. The topological polar surface area (TPSA) is 96.7 Å². The van der Waals surface area contributed by atoms with Crippen molar-refractivity contribution in [1.29, 1.82) is 0 Å². The summed E-state index contributed by atoms with van der Waals surface area (Å²) in [6, 6.07) is 11.4. The van der Waals surface area contributed by atoms with Crippen LogP contribution in [0.3, 0.4) is 0 Å². The second kappa shape index (κ2) is 10.5. The fraction of sp³-hybridized carbons (Fsp3) is 0.429. The quantitative estimate of drug-likeness (QED) is 0.520. The van der Waals surface area contributed by atoms with Crippen LogP contribution >= 0.6 is 11.6 Å². The first-order chi connectivity index (χ1) is 15.2. The minimum absolute atomic E-state index is 0.00188. The van der Waals surface area contributed by atoms with Gasteiger partial charge in [0.25, 0.3) is 0 Å². The number of ether oxygens (including phenoxy) is 1. The number of nitrogens with one attached hydrogen (secondary N) is 2. The van der Waals surface area contributed by atoms with E-state index in [1.807, 2.05) is 36.4 Å². The summed E-state index contributed by atoms with van der Waals surface area (Å²) in [5, 5.41) is 19.9. The first-order valence-electron chi connectivity index (χ1n) is 10.4. The molecule has 0 bridgehead atoms. The molecule has 164 valence electrons. The fourth-order valence-corrected chi connectivity index (χ4v) is 3.50. The Morgan fingerprint density at radius 2 is 1.90 bits per heavy atom. The van der Waals surface area contributed by atoms with E-state index in [1.165, 1.54) is 0 Å². The number of rotatable bonds is 9. The van der Waals surface area contributed by atoms with E-state index in [9.17, 15) is 4.79 Å². The molecule has 0 aliphatic carbocycles. The highest BCUT2D eigenvalue weighted by atomic mass is 35.5. The normalized spacial score (nSPS) is 14.6. The highest BCUT2D eigenvalue weighted by Crippen LogP contribution is 2.12. The maximum atomic E-state index is 12.2. The van der Waals surface area contributed by atoms with Gasteiger partial charge in [0.15, 0.2) is 11.5 Å². The molecule has 31 heavy (non-hydrogen) atoms. The Hall–Kier alpha value is -2.75. The summed E-state index contributed by atoms with van der Waals surface area (Å²) in [5.74, 6) is 1.37. The first kappa shape index (κ1) is 21.5. The molecular weight excluding hydrogens is 418 g/mol. The Balaban J connectivity index is 1.27. The number of aryl methyl sites for hydroxylation is 1. The molecule has 1 saturated heterocycles. The molecule has 0 spiro atoms. The molecule has 2 N–H and O–H groups in total. The summed E-state index contributed by atoms with van der Waals surface area (Å²) >= 11 is 5.93. The van der Waals surface area contributed by atoms with Crippen molar-refractivity contribution in [2.75, 3.05) is 44.7 Å². The summed E-state index contributed by atoms with van der Waals surface area (Å²) in [4.78, 5) is 14.5. The monoisotopic (exact) mass is 443 g/mol. The largest absolute Gasteiger partial charge is 0.379 e. The van der Waals surface area contributed by atoms with Crippen molar-refractivity contribution in [1.82, 2.24) is 30.0 Å². The Bertz CT molecular complexity index is 1000. The third-order valence-electron chi connectivity index (χ3n) is 5.14. The molecule has 0 atom stereocenters.